The van der Waals surface area contributed by atoms with Crippen molar-refractivity contribution >= 4 is 17.9 Å². The van der Waals surface area contributed by atoms with E-state index in [1.807, 2.05) is 0 Å². The number of nitrogens with zero attached hydrogens (tertiary/aromatic N) is 1. The molecule has 0 spiro atoms. The maximum atomic E-state index is 11.9. The summed E-state index contributed by atoms with van der Waals surface area (Å²) in [5.74, 6) is -1.03. The van der Waals surface area contributed by atoms with E-state index in [4.69, 9.17) is 4.84 Å². The van der Waals surface area contributed by atoms with Crippen molar-refractivity contribution in [3.05, 3.63) is 35.4 Å². The van der Waals surface area contributed by atoms with E-state index in [0.29, 0.717) is 16.2 Å². The molecule has 3 amide bonds. The number of fused-ring (bicyclic) bond motifs is 1. The van der Waals surface area contributed by atoms with Gasteiger partial charge in [0.15, 0.2) is 0 Å². The van der Waals surface area contributed by atoms with Crippen LogP contribution < -0.4 is 5.32 Å². The molecule has 108 valence electrons. The first-order valence-corrected chi connectivity index (χ1v) is 5.60. The molecular formula is C13H16N2O5. The average Bonchev–Trinajstić information content (AvgIpc) is 2.68. The summed E-state index contributed by atoms with van der Waals surface area (Å²) < 4.78 is 4.67. The SMILES string of the molecule is C.CNC(=O)OCCON1C(=O)c2ccccc2C1=O. The Morgan fingerprint density at radius 3 is 2.20 bits per heavy atom. The number of ether oxygens (including phenoxy) is 1. The summed E-state index contributed by atoms with van der Waals surface area (Å²) >= 11 is 0. The second-order valence-corrected chi connectivity index (χ2v) is 3.67. The Morgan fingerprint density at radius 1 is 1.15 bits per heavy atom. The van der Waals surface area contributed by atoms with Gasteiger partial charge in [0.1, 0.15) is 13.2 Å². The normalized spacial score (nSPS) is 12.8. The number of benzene rings is 1. The van der Waals surface area contributed by atoms with Crippen molar-refractivity contribution in [3.63, 3.8) is 0 Å². The van der Waals surface area contributed by atoms with E-state index in [2.05, 4.69) is 10.1 Å². The van der Waals surface area contributed by atoms with Crippen LogP contribution in [-0.4, -0.2) is 43.2 Å². The minimum absolute atomic E-state index is 0. The highest BCUT2D eigenvalue weighted by molar-refractivity contribution is 6.20. The third kappa shape index (κ3) is 2.94. The molecule has 0 aliphatic carbocycles. The van der Waals surface area contributed by atoms with Crippen LogP contribution in [0.2, 0.25) is 0 Å². The molecule has 1 N–H and O–H groups in total. The molecule has 20 heavy (non-hydrogen) atoms. The molecule has 0 atom stereocenters. The molecule has 0 unspecified atom stereocenters. The van der Waals surface area contributed by atoms with Gasteiger partial charge in [-0.25, -0.2) is 4.79 Å². The molecule has 0 aromatic heterocycles. The number of amides is 3. The molecule has 0 bridgehead atoms. The van der Waals surface area contributed by atoms with Crippen LogP contribution in [0.15, 0.2) is 24.3 Å². The van der Waals surface area contributed by atoms with E-state index in [1.165, 1.54) is 7.05 Å². The van der Waals surface area contributed by atoms with Gasteiger partial charge in [0.05, 0.1) is 11.1 Å². The van der Waals surface area contributed by atoms with Crippen molar-refractivity contribution in [3.8, 4) is 0 Å². The van der Waals surface area contributed by atoms with Gasteiger partial charge in [-0.05, 0) is 12.1 Å². The second-order valence-electron chi connectivity index (χ2n) is 3.67. The molecule has 7 heteroatoms. The molecule has 0 radical (unpaired) electrons. The summed E-state index contributed by atoms with van der Waals surface area (Å²) in [6.07, 6.45) is -0.606. The van der Waals surface area contributed by atoms with Crippen molar-refractivity contribution in [2.24, 2.45) is 0 Å². The summed E-state index contributed by atoms with van der Waals surface area (Å²) in [7, 11) is 1.42. The van der Waals surface area contributed by atoms with Gasteiger partial charge in [0.25, 0.3) is 11.8 Å². The van der Waals surface area contributed by atoms with Crippen LogP contribution in [0.5, 0.6) is 0 Å². The van der Waals surface area contributed by atoms with Crippen molar-refractivity contribution in [1.29, 1.82) is 0 Å². The zero-order valence-corrected chi connectivity index (χ0v) is 10.2. The molecule has 1 aromatic carbocycles. The molecule has 1 heterocycles. The topological polar surface area (TPSA) is 84.9 Å². The molecule has 0 fully saturated rings. The number of hydrogen-bond donors (Lipinski definition) is 1. The van der Waals surface area contributed by atoms with E-state index in [-0.39, 0.29) is 20.6 Å². The standard InChI is InChI=1S/C12H12N2O5.CH4/c1-13-12(17)18-6-7-19-14-10(15)8-4-2-3-5-9(8)11(14)16;/h2-5H,6-7H2,1H3,(H,13,17);1H4. The Bertz CT molecular complexity index is 494. The first kappa shape index (κ1) is 15.6. The van der Waals surface area contributed by atoms with E-state index in [0.717, 1.165) is 0 Å². The second kappa shape index (κ2) is 6.67. The zero-order chi connectivity index (χ0) is 13.8. The Hall–Kier alpha value is -2.41. The predicted octanol–water partition coefficient (Wildman–Crippen LogP) is 1.21. The minimum Gasteiger partial charge on any atom is -0.447 e. The van der Waals surface area contributed by atoms with Crippen LogP contribution >= 0.6 is 0 Å². The first-order chi connectivity index (χ1) is 9.15. The van der Waals surface area contributed by atoms with Gasteiger partial charge in [-0.2, -0.15) is 0 Å². The van der Waals surface area contributed by atoms with Crippen molar-refractivity contribution < 1.29 is 24.0 Å². The predicted molar refractivity (Wildman–Crippen MR) is 70.0 cm³/mol. The molecule has 0 saturated heterocycles. The largest absolute Gasteiger partial charge is 0.447 e. The van der Waals surface area contributed by atoms with Gasteiger partial charge in [0.2, 0.25) is 0 Å². The molecule has 1 aliphatic heterocycles. The van der Waals surface area contributed by atoms with Gasteiger partial charge in [-0.15, -0.1) is 5.06 Å². The summed E-state index contributed by atoms with van der Waals surface area (Å²) in [6, 6.07) is 6.45. The van der Waals surface area contributed by atoms with Crippen LogP contribution in [0.25, 0.3) is 0 Å². The van der Waals surface area contributed by atoms with Gasteiger partial charge < -0.3 is 10.1 Å². The number of alkyl carbamates (subject to hydrolysis) is 1. The third-order valence-electron chi connectivity index (χ3n) is 2.50. The Balaban J connectivity index is 0.00000200. The number of carbonyl (C=O) groups excluding carboxylic acids is 3. The van der Waals surface area contributed by atoms with Crippen LogP contribution in [0, 0.1) is 0 Å². The van der Waals surface area contributed by atoms with Crippen LogP contribution in [-0.2, 0) is 9.57 Å². The van der Waals surface area contributed by atoms with E-state index in [1.54, 1.807) is 24.3 Å². The van der Waals surface area contributed by atoms with Gasteiger partial charge in [-0.1, -0.05) is 19.6 Å². The number of rotatable bonds is 4. The summed E-state index contributed by atoms with van der Waals surface area (Å²) in [5, 5.41) is 2.94. The number of imide groups is 1. The molecular weight excluding hydrogens is 264 g/mol. The lowest BCUT2D eigenvalue weighted by atomic mass is 10.1. The molecule has 0 saturated carbocycles. The lowest BCUT2D eigenvalue weighted by Gasteiger charge is -2.13. The van der Waals surface area contributed by atoms with Gasteiger partial charge in [0, 0.05) is 7.05 Å². The van der Waals surface area contributed by atoms with Crippen molar-refractivity contribution in [2.75, 3.05) is 20.3 Å². The molecule has 2 rings (SSSR count). The summed E-state index contributed by atoms with van der Waals surface area (Å²) in [4.78, 5) is 39.5. The van der Waals surface area contributed by atoms with E-state index >= 15 is 0 Å². The number of hydrogen-bond acceptors (Lipinski definition) is 5. The Kier molecular flexibility index (Phi) is 5.22. The van der Waals surface area contributed by atoms with Crippen LogP contribution in [0.4, 0.5) is 4.79 Å². The lowest BCUT2D eigenvalue weighted by Crippen LogP contribution is -2.32. The Labute approximate surface area is 116 Å². The number of hydroxylamine groups is 2. The van der Waals surface area contributed by atoms with Gasteiger partial charge >= 0.3 is 6.09 Å². The smallest absolute Gasteiger partial charge is 0.406 e. The quantitative estimate of drug-likeness (QED) is 0.662. The van der Waals surface area contributed by atoms with E-state index in [9.17, 15) is 14.4 Å². The van der Waals surface area contributed by atoms with Gasteiger partial charge in [-0.3, -0.25) is 14.4 Å². The molecule has 1 aromatic rings. The highest BCUT2D eigenvalue weighted by atomic mass is 16.7. The molecule has 1 aliphatic rings. The first-order valence-electron chi connectivity index (χ1n) is 5.60. The maximum absolute atomic E-state index is 11.9. The Morgan fingerprint density at radius 2 is 1.70 bits per heavy atom. The van der Waals surface area contributed by atoms with Crippen LogP contribution in [0.1, 0.15) is 28.1 Å². The third-order valence-corrected chi connectivity index (χ3v) is 2.50. The van der Waals surface area contributed by atoms with Crippen LogP contribution in [0.3, 0.4) is 0 Å². The maximum Gasteiger partial charge on any atom is 0.406 e. The van der Waals surface area contributed by atoms with E-state index < -0.39 is 17.9 Å². The number of nitrogens with one attached hydrogen (secondary N) is 1. The summed E-state index contributed by atoms with van der Waals surface area (Å²) in [5.41, 5.74) is 0.611. The fraction of sp³-hybridized carbons (Fsp3) is 0.308. The highest BCUT2D eigenvalue weighted by Gasteiger charge is 2.36. The monoisotopic (exact) mass is 280 g/mol. The van der Waals surface area contributed by atoms with Crippen molar-refractivity contribution in [1.82, 2.24) is 10.4 Å². The average molecular weight is 280 g/mol. The van der Waals surface area contributed by atoms with Crippen molar-refractivity contribution in [2.45, 2.75) is 7.43 Å². The zero-order valence-electron chi connectivity index (χ0n) is 10.2. The fourth-order valence-electron chi connectivity index (χ4n) is 1.62. The number of carbonyl (C=O) groups is 3. The summed E-state index contributed by atoms with van der Waals surface area (Å²) in [6.45, 7) is -0.147. The molecule has 7 nitrogen and oxygen atoms in total. The highest BCUT2D eigenvalue weighted by Crippen LogP contribution is 2.22. The lowest BCUT2D eigenvalue weighted by molar-refractivity contribution is -0.1000. The minimum atomic E-state index is -0.606. The fourth-order valence-corrected chi connectivity index (χ4v) is 1.62.